The first-order valence-electron chi connectivity index (χ1n) is 9.91. The van der Waals surface area contributed by atoms with Crippen molar-refractivity contribution in [2.75, 3.05) is 0 Å². The maximum absolute atomic E-state index is 4.46. The fourth-order valence-corrected chi connectivity index (χ4v) is 4.92. The van der Waals surface area contributed by atoms with E-state index in [1.807, 2.05) is 12.4 Å². The van der Waals surface area contributed by atoms with E-state index in [1.54, 1.807) is 0 Å². The number of pyridine rings is 3. The molecule has 0 fully saturated rings. The van der Waals surface area contributed by atoms with Crippen LogP contribution < -0.4 is 4.57 Å². The molecule has 0 atom stereocenters. The number of benzene rings is 2. The molecule has 0 unspecified atom stereocenters. The Morgan fingerprint density at radius 3 is 2.64 bits per heavy atom. The Labute approximate surface area is 163 Å². The van der Waals surface area contributed by atoms with Gasteiger partial charge < -0.3 is 4.40 Å². The smallest absolute Gasteiger partial charge is 0.224 e. The summed E-state index contributed by atoms with van der Waals surface area (Å²) in [5.74, 6) is 0.479. The molecule has 0 radical (unpaired) electrons. The van der Waals surface area contributed by atoms with E-state index in [2.05, 4.69) is 84.4 Å². The van der Waals surface area contributed by atoms with Crippen LogP contribution in [0.4, 0.5) is 0 Å². The van der Waals surface area contributed by atoms with Crippen molar-refractivity contribution in [3.05, 3.63) is 66.1 Å². The summed E-state index contributed by atoms with van der Waals surface area (Å²) in [6.45, 7) is 6.76. The highest BCUT2D eigenvalue weighted by Crippen LogP contribution is 2.41. The fraction of sp³-hybridized carbons (Fsp3) is 0.200. The number of hydrogen-bond acceptors (Lipinski definition) is 1. The van der Waals surface area contributed by atoms with E-state index in [4.69, 9.17) is 0 Å². The second-order valence-corrected chi connectivity index (χ2v) is 8.32. The van der Waals surface area contributed by atoms with E-state index in [-0.39, 0.29) is 0 Å². The molecule has 3 heteroatoms. The zero-order valence-corrected chi connectivity index (χ0v) is 16.6. The van der Waals surface area contributed by atoms with E-state index >= 15 is 0 Å². The molecule has 0 spiro atoms. The molecule has 6 aromatic rings. The zero-order valence-electron chi connectivity index (χ0n) is 16.6. The Bertz CT molecular complexity index is 1550. The summed E-state index contributed by atoms with van der Waals surface area (Å²) in [7, 11) is 2.16. The van der Waals surface area contributed by atoms with Crippen LogP contribution in [0.2, 0.25) is 0 Å². The molecule has 0 aliphatic heterocycles. The Hall–Kier alpha value is -3.20. The highest BCUT2D eigenvalue weighted by atomic mass is 15.0. The molecule has 3 nitrogen and oxygen atoms in total. The van der Waals surface area contributed by atoms with Crippen LogP contribution in [0.3, 0.4) is 0 Å². The summed E-state index contributed by atoms with van der Waals surface area (Å²) < 4.78 is 4.73. The predicted octanol–water partition coefficient (Wildman–Crippen LogP) is 5.64. The van der Waals surface area contributed by atoms with Gasteiger partial charge in [0.25, 0.3) is 0 Å². The average molecular weight is 364 g/mol. The lowest BCUT2D eigenvalue weighted by Crippen LogP contribution is -2.29. The minimum absolute atomic E-state index is 0.479. The number of rotatable bonds is 1. The van der Waals surface area contributed by atoms with Gasteiger partial charge in [-0.1, -0.05) is 32.0 Å². The average Bonchev–Trinajstić information content (AvgIpc) is 3.03. The molecule has 0 N–H and O–H groups in total. The molecule has 0 amide bonds. The Balaban J connectivity index is 2.10. The first-order valence-corrected chi connectivity index (χ1v) is 9.91. The number of nitrogens with zero attached hydrogens (tertiary/aromatic N) is 3. The maximum atomic E-state index is 4.46. The van der Waals surface area contributed by atoms with E-state index in [9.17, 15) is 0 Å². The largest absolute Gasteiger partial charge is 0.306 e. The van der Waals surface area contributed by atoms with Gasteiger partial charge in [0.15, 0.2) is 6.20 Å². The summed E-state index contributed by atoms with van der Waals surface area (Å²) in [6, 6.07) is 13.7. The minimum Gasteiger partial charge on any atom is -0.306 e. The van der Waals surface area contributed by atoms with Gasteiger partial charge in [-0.2, -0.15) is 0 Å². The van der Waals surface area contributed by atoms with Crippen molar-refractivity contribution < 1.29 is 4.57 Å². The van der Waals surface area contributed by atoms with Crippen molar-refractivity contribution in [2.24, 2.45) is 7.05 Å². The molecular weight excluding hydrogens is 342 g/mol. The summed E-state index contributed by atoms with van der Waals surface area (Å²) in [6.07, 6.45) is 6.11. The van der Waals surface area contributed by atoms with Crippen molar-refractivity contribution in [3.63, 3.8) is 0 Å². The van der Waals surface area contributed by atoms with Gasteiger partial charge in [-0.05, 0) is 41.5 Å². The van der Waals surface area contributed by atoms with Crippen molar-refractivity contribution in [2.45, 2.75) is 26.7 Å². The summed E-state index contributed by atoms with van der Waals surface area (Å²) in [4.78, 5) is 4.46. The summed E-state index contributed by atoms with van der Waals surface area (Å²) in [5.41, 5.74) is 7.76. The van der Waals surface area contributed by atoms with Crippen molar-refractivity contribution in [3.8, 4) is 0 Å². The number of fused-ring (bicyclic) bond motifs is 5. The van der Waals surface area contributed by atoms with Crippen LogP contribution in [0.1, 0.15) is 30.9 Å². The standard InChI is InChI=1S/C25H22N3/c1-14(2)17-11-16-8-10-27(4)25-22-15(3)5-6-19-18-7-9-26-13-21(18)28(24(19)22)20(12-17)23(16)25/h5-14H,1-4H3/q+1. The van der Waals surface area contributed by atoms with Crippen molar-refractivity contribution in [1.82, 2.24) is 9.38 Å². The molecule has 0 aliphatic carbocycles. The van der Waals surface area contributed by atoms with E-state index in [0.29, 0.717) is 5.92 Å². The monoisotopic (exact) mass is 364 g/mol. The number of aromatic nitrogens is 3. The van der Waals surface area contributed by atoms with Gasteiger partial charge in [0, 0.05) is 23.0 Å². The molecule has 28 heavy (non-hydrogen) atoms. The molecule has 0 saturated carbocycles. The molecule has 4 aromatic heterocycles. The second-order valence-electron chi connectivity index (χ2n) is 8.32. The molecule has 136 valence electrons. The van der Waals surface area contributed by atoms with Gasteiger partial charge in [-0.3, -0.25) is 4.98 Å². The molecule has 0 aliphatic rings. The molecule has 0 bridgehead atoms. The topological polar surface area (TPSA) is 21.2 Å². The molecule has 2 aromatic carbocycles. The van der Waals surface area contributed by atoms with Gasteiger partial charge in [-0.15, -0.1) is 0 Å². The van der Waals surface area contributed by atoms with Gasteiger partial charge in [-0.25, -0.2) is 4.57 Å². The highest BCUT2D eigenvalue weighted by Gasteiger charge is 2.24. The number of aryl methyl sites for hydroxylation is 2. The van der Waals surface area contributed by atoms with Crippen LogP contribution in [-0.2, 0) is 7.05 Å². The van der Waals surface area contributed by atoms with Crippen molar-refractivity contribution in [1.29, 1.82) is 0 Å². The highest BCUT2D eigenvalue weighted by molar-refractivity contribution is 6.25. The van der Waals surface area contributed by atoms with E-state index < -0.39 is 0 Å². The van der Waals surface area contributed by atoms with Gasteiger partial charge in [0.1, 0.15) is 7.05 Å². The third-order valence-corrected chi connectivity index (χ3v) is 6.32. The lowest BCUT2D eigenvalue weighted by molar-refractivity contribution is -0.643. The van der Waals surface area contributed by atoms with Crippen molar-refractivity contribution >= 4 is 49.0 Å². The molecular formula is C25H22N3+. The van der Waals surface area contributed by atoms with E-state index in [0.717, 1.165) is 0 Å². The third-order valence-electron chi connectivity index (χ3n) is 6.32. The zero-order chi connectivity index (χ0) is 19.2. The maximum Gasteiger partial charge on any atom is 0.224 e. The van der Waals surface area contributed by atoms with Gasteiger partial charge in [0.05, 0.1) is 33.5 Å². The van der Waals surface area contributed by atoms with Gasteiger partial charge >= 0.3 is 0 Å². The van der Waals surface area contributed by atoms with Crippen LogP contribution >= 0.6 is 0 Å². The Morgan fingerprint density at radius 2 is 1.82 bits per heavy atom. The quantitative estimate of drug-likeness (QED) is 0.210. The Morgan fingerprint density at radius 1 is 0.964 bits per heavy atom. The lowest BCUT2D eigenvalue weighted by Gasteiger charge is -2.15. The number of hydrogen-bond donors (Lipinski definition) is 0. The van der Waals surface area contributed by atoms with Crippen LogP contribution in [0.5, 0.6) is 0 Å². The van der Waals surface area contributed by atoms with Crippen LogP contribution in [0.25, 0.3) is 49.0 Å². The first-order chi connectivity index (χ1) is 13.6. The van der Waals surface area contributed by atoms with Gasteiger partial charge in [0.2, 0.25) is 5.52 Å². The fourth-order valence-electron chi connectivity index (χ4n) is 4.92. The molecule has 6 rings (SSSR count). The first kappa shape index (κ1) is 15.8. The lowest BCUT2D eigenvalue weighted by atomic mass is 9.95. The molecule has 0 saturated heterocycles. The SMILES string of the molecule is Cc1ccc2c3ccncc3n3c4cc(C(C)C)cc5cc[n+](C)c(c1c23)c54. The molecule has 4 heterocycles. The predicted molar refractivity (Wildman–Crippen MR) is 116 cm³/mol. The summed E-state index contributed by atoms with van der Waals surface area (Å²) in [5, 5.41) is 6.55. The van der Waals surface area contributed by atoms with Crippen LogP contribution in [-0.4, -0.2) is 9.38 Å². The Kier molecular flexibility index (Phi) is 2.94. The second kappa shape index (κ2) is 5.20. The van der Waals surface area contributed by atoms with Crippen LogP contribution in [0.15, 0.2) is 55.0 Å². The van der Waals surface area contributed by atoms with Crippen LogP contribution in [0, 0.1) is 6.92 Å². The third kappa shape index (κ3) is 1.79. The van der Waals surface area contributed by atoms with E-state index in [1.165, 1.54) is 60.1 Å². The summed E-state index contributed by atoms with van der Waals surface area (Å²) >= 11 is 0. The minimum atomic E-state index is 0.479. The normalized spacial score (nSPS) is 12.6.